The van der Waals surface area contributed by atoms with Crippen LogP contribution in [0.3, 0.4) is 0 Å². The number of nitrogens with zero attached hydrogens (tertiary/aromatic N) is 1. The highest BCUT2D eigenvalue weighted by Gasteiger charge is 2.20. The monoisotopic (exact) mass is 214 g/mol. The van der Waals surface area contributed by atoms with Crippen molar-refractivity contribution in [1.29, 1.82) is 0 Å². The van der Waals surface area contributed by atoms with E-state index in [1.807, 2.05) is 0 Å². The fourth-order valence-corrected chi connectivity index (χ4v) is 2.02. The predicted molar refractivity (Wildman–Crippen MR) is 63.9 cm³/mol. The lowest BCUT2D eigenvalue weighted by Crippen LogP contribution is -2.25. The van der Waals surface area contributed by atoms with E-state index in [-0.39, 0.29) is 0 Å². The minimum atomic E-state index is 0.651. The van der Waals surface area contributed by atoms with Crippen molar-refractivity contribution in [3.05, 3.63) is 0 Å². The van der Waals surface area contributed by atoms with Crippen LogP contribution in [-0.2, 0) is 4.74 Å². The summed E-state index contributed by atoms with van der Waals surface area (Å²) in [7, 11) is 0. The molecule has 0 spiro atoms. The predicted octanol–water partition coefficient (Wildman–Crippen LogP) is 1.33. The van der Waals surface area contributed by atoms with Gasteiger partial charge in [-0.3, -0.25) is 0 Å². The lowest BCUT2D eigenvalue weighted by molar-refractivity contribution is 0.101. The van der Waals surface area contributed by atoms with Gasteiger partial charge in [-0.25, -0.2) is 0 Å². The Morgan fingerprint density at radius 1 is 1.47 bits per heavy atom. The van der Waals surface area contributed by atoms with Crippen LogP contribution in [0.5, 0.6) is 0 Å². The topological polar surface area (TPSA) is 38.5 Å². The molecule has 0 aromatic rings. The highest BCUT2D eigenvalue weighted by molar-refractivity contribution is 4.75. The number of nitrogens with two attached hydrogens (primary N) is 1. The highest BCUT2D eigenvalue weighted by Crippen LogP contribution is 2.14. The standard InChI is InChI=1S/C12H26N2O/c1-11(2)10-15-7-3-5-14-6-4-12(8-13)9-14/h11-12H,3-10,13H2,1-2H3. The zero-order chi connectivity index (χ0) is 11.1. The van der Waals surface area contributed by atoms with Crippen LogP contribution in [0, 0.1) is 11.8 Å². The Hall–Kier alpha value is -0.120. The molecule has 2 N–H and O–H groups in total. The van der Waals surface area contributed by atoms with E-state index in [1.54, 1.807) is 0 Å². The zero-order valence-corrected chi connectivity index (χ0v) is 10.2. The molecule has 1 atom stereocenters. The smallest absolute Gasteiger partial charge is 0.0489 e. The van der Waals surface area contributed by atoms with Crippen molar-refractivity contribution in [3.63, 3.8) is 0 Å². The Kier molecular flexibility index (Phi) is 6.22. The molecule has 1 saturated heterocycles. The van der Waals surface area contributed by atoms with Gasteiger partial charge in [0.25, 0.3) is 0 Å². The first-order valence-corrected chi connectivity index (χ1v) is 6.22. The van der Waals surface area contributed by atoms with Gasteiger partial charge in [0.15, 0.2) is 0 Å². The maximum Gasteiger partial charge on any atom is 0.0489 e. The van der Waals surface area contributed by atoms with Gasteiger partial charge in [0.1, 0.15) is 0 Å². The van der Waals surface area contributed by atoms with Gasteiger partial charge in [0, 0.05) is 26.3 Å². The van der Waals surface area contributed by atoms with E-state index in [0.29, 0.717) is 5.92 Å². The Labute approximate surface area is 94.0 Å². The van der Waals surface area contributed by atoms with E-state index in [4.69, 9.17) is 10.5 Å². The average Bonchev–Trinajstić information content (AvgIpc) is 2.65. The largest absolute Gasteiger partial charge is 0.381 e. The van der Waals surface area contributed by atoms with Gasteiger partial charge in [-0.2, -0.15) is 0 Å². The molecule has 1 aliphatic rings. The molecule has 0 bridgehead atoms. The third-order valence-electron chi connectivity index (χ3n) is 2.92. The molecular formula is C12H26N2O. The number of rotatable bonds is 7. The van der Waals surface area contributed by atoms with Gasteiger partial charge in [-0.15, -0.1) is 0 Å². The van der Waals surface area contributed by atoms with Gasteiger partial charge in [0.2, 0.25) is 0 Å². The lowest BCUT2D eigenvalue weighted by Gasteiger charge is -2.15. The summed E-state index contributed by atoms with van der Waals surface area (Å²) in [6.07, 6.45) is 2.44. The van der Waals surface area contributed by atoms with E-state index >= 15 is 0 Å². The van der Waals surface area contributed by atoms with Crippen LogP contribution < -0.4 is 5.73 Å². The molecule has 1 aliphatic heterocycles. The SMILES string of the molecule is CC(C)COCCCN1CCC(CN)C1. The van der Waals surface area contributed by atoms with Crippen molar-refractivity contribution < 1.29 is 4.74 Å². The van der Waals surface area contributed by atoms with Crippen molar-refractivity contribution in [1.82, 2.24) is 4.90 Å². The number of ether oxygens (including phenoxy) is 1. The summed E-state index contributed by atoms with van der Waals surface area (Å²) >= 11 is 0. The summed E-state index contributed by atoms with van der Waals surface area (Å²) in [6, 6.07) is 0. The Balaban J connectivity index is 1.92. The second-order valence-corrected chi connectivity index (χ2v) is 5.01. The molecule has 0 aromatic carbocycles. The minimum absolute atomic E-state index is 0.651. The summed E-state index contributed by atoms with van der Waals surface area (Å²) in [4.78, 5) is 2.51. The number of hydrogen-bond acceptors (Lipinski definition) is 3. The first-order chi connectivity index (χ1) is 7.22. The molecule has 0 aromatic heterocycles. The normalized spacial score (nSPS) is 22.8. The van der Waals surface area contributed by atoms with Gasteiger partial charge < -0.3 is 15.4 Å². The van der Waals surface area contributed by atoms with Crippen LogP contribution in [-0.4, -0.2) is 44.3 Å². The molecule has 15 heavy (non-hydrogen) atoms. The molecule has 1 unspecified atom stereocenters. The molecule has 3 nitrogen and oxygen atoms in total. The maximum atomic E-state index is 5.65. The van der Waals surface area contributed by atoms with E-state index in [2.05, 4.69) is 18.7 Å². The van der Waals surface area contributed by atoms with Crippen LogP contribution in [0.2, 0.25) is 0 Å². The van der Waals surface area contributed by atoms with Crippen LogP contribution in [0.1, 0.15) is 26.7 Å². The summed E-state index contributed by atoms with van der Waals surface area (Å²) in [6.45, 7) is 10.6. The molecule has 1 heterocycles. The van der Waals surface area contributed by atoms with Crippen molar-refractivity contribution in [3.8, 4) is 0 Å². The average molecular weight is 214 g/mol. The van der Waals surface area contributed by atoms with Crippen molar-refractivity contribution in [2.24, 2.45) is 17.6 Å². The van der Waals surface area contributed by atoms with Gasteiger partial charge in [-0.05, 0) is 37.8 Å². The Morgan fingerprint density at radius 3 is 2.87 bits per heavy atom. The van der Waals surface area contributed by atoms with Crippen molar-refractivity contribution in [2.75, 3.05) is 39.4 Å². The molecule has 3 heteroatoms. The third-order valence-corrected chi connectivity index (χ3v) is 2.92. The van der Waals surface area contributed by atoms with Crippen molar-refractivity contribution >= 4 is 0 Å². The third kappa shape index (κ3) is 5.50. The van der Waals surface area contributed by atoms with Crippen LogP contribution >= 0.6 is 0 Å². The minimum Gasteiger partial charge on any atom is -0.381 e. The molecule has 1 rings (SSSR count). The van der Waals surface area contributed by atoms with E-state index in [1.165, 1.54) is 26.1 Å². The quantitative estimate of drug-likeness (QED) is 0.650. The molecule has 1 fully saturated rings. The Morgan fingerprint density at radius 2 is 2.27 bits per heavy atom. The summed E-state index contributed by atoms with van der Waals surface area (Å²) < 4.78 is 5.56. The van der Waals surface area contributed by atoms with Gasteiger partial charge in [-0.1, -0.05) is 13.8 Å². The van der Waals surface area contributed by atoms with Crippen LogP contribution in [0.4, 0.5) is 0 Å². The molecular weight excluding hydrogens is 188 g/mol. The number of hydrogen-bond donors (Lipinski definition) is 1. The van der Waals surface area contributed by atoms with Crippen molar-refractivity contribution in [2.45, 2.75) is 26.7 Å². The first kappa shape index (κ1) is 12.9. The summed E-state index contributed by atoms with van der Waals surface area (Å²) in [5.74, 6) is 1.39. The van der Waals surface area contributed by atoms with E-state index < -0.39 is 0 Å². The second-order valence-electron chi connectivity index (χ2n) is 5.01. The van der Waals surface area contributed by atoms with Gasteiger partial charge in [0.05, 0.1) is 0 Å². The van der Waals surface area contributed by atoms with E-state index in [0.717, 1.165) is 32.1 Å². The summed E-state index contributed by atoms with van der Waals surface area (Å²) in [5, 5.41) is 0. The molecule has 0 aliphatic carbocycles. The number of likely N-dealkylation sites (tertiary alicyclic amines) is 1. The Bertz CT molecular complexity index is 162. The fourth-order valence-electron chi connectivity index (χ4n) is 2.02. The molecule has 0 saturated carbocycles. The van der Waals surface area contributed by atoms with Crippen LogP contribution in [0.15, 0.2) is 0 Å². The first-order valence-electron chi connectivity index (χ1n) is 6.22. The highest BCUT2D eigenvalue weighted by atomic mass is 16.5. The molecule has 90 valence electrons. The lowest BCUT2D eigenvalue weighted by atomic mass is 10.1. The zero-order valence-electron chi connectivity index (χ0n) is 10.2. The molecule has 0 amide bonds. The summed E-state index contributed by atoms with van der Waals surface area (Å²) in [5.41, 5.74) is 5.65. The maximum absolute atomic E-state index is 5.65. The van der Waals surface area contributed by atoms with Crippen LogP contribution in [0.25, 0.3) is 0 Å². The van der Waals surface area contributed by atoms with Gasteiger partial charge >= 0.3 is 0 Å². The fraction of sp³-hybridized carbons (Fsp3) is 1.00. The second kappa shape index (κ2) is 7.20. The van der Waals surface area contributed by atoms with E-state index in [9.17, 15) is 0 Å². The molecule has 0 radical (unpaired) electrons.